The molecule has 3 N–H and O–H groups in total. The molecule has 0 spiro atoms. The fraction of sp³-hybridized carbons (Fsp3) is 0.538. The molecule has 0 bridgehead atoms. The van der Waals surface area contributed by atoms with E-state index in [0.717, 1.165) is 24.1 Å². The fourth-order valence-corrected chi connectivity index (χ4v) is 2.94. The maximum Gasteiger partial charge on any atom is 0.128 e. The van der Waals surface area contributed by atoms with Gasteiger partial charge in [-0.05, 0) is 32.3 Å². The zero-order valence-corrected chi connectivity index (χ0v) is 12.8. The van der Waals surface area contributed by atoms with Crippen molar-refractivity contribution in [3.05, 3.63) is 34.1 Å². The van der Waals surface area contributed by atoms with Crippen LogP contribution in [0, 0.1) is 5.82 Å². The molecule has 0 saturated carbocycles. The summed E-state index contributed by atoms with van der Waals surface area (Å²) in [5.74, 6) is 5.46. The lowest BCUT2D eigenvalue weighted by Gasteiger charge is -2.41. The largest absolute Gasteiger partial charge is 0.303 e. The van der Waals surface area contributed by atoms with Crippen LogP contribution < -0.4 is 11.3 Å². The highest BCUT2D eigenvalue weighted by molar-refractivity contribution is 9.10. The van der Waals surface area contributed by atoms with Gasteiger partial charge >= 0.3 is 0 Å². The van der Waals surface area contributed by atoms with Gasteiger partial charge in [-0.15, -0.1) is 0 Å². The van der Waals surface area contributed by atoms with Gasteiger partial charge < -0.3 is 4.90 Å². The molecule has 1 saturated heterocycles. The van der Waals surface area contributed by atoms with Gasteiger partial charge in [0, 0.05) is 35.7 Å². The second-order valence-electron chi connectivity index (χ2n) is 5.12. The third-order valence-electron chi connectivity index (χ3n) is 3.76. The van der Waals surface area contributed by atoms with Crippen molar-refractivity contribution >= 4 is 15.9 Å². The summed E-state index contributed by atoms with van der Waals surface area (Å²) in [6, 6.07) is 4.87. The normalized spacial score (nSPS) is 23.5. The van der Waals surface area contributed by atoms with Crippen LogP contribution in [0.5, 0.6) is 0 Å². The van der Waals surface area contributed by atoms with Crippen molar-refractivity contribution in [1.82, 2.24) is 15.2 Å². The first-order valence-corrected chi connectivity index (χ1v) is 7.12. The molecule has 1 aliphatic heterocycles. The summed E-state index contributed by atoms with van der Waals surface area (Å²) in [6.07, 6.45) is 0. The van der Waals surface area contributed by atoms with Crippen molar-refractivity contribution in [2.45, 2.75) is 12.1 Å². The summed E-state index contributed by atoms with van der Waals surface area (Å²) in [7, 11) is 4.13. The number of hydrogen-bond donors (Lipinski definition) is 2. The molecule has 0 aliphatic carbocycles. The third-order valence-corrected chi connectivity index (χ3v) is 4.25. The van der Waals surface area contributed by atoms with Crippen molar-refractivity contribution < 1.29 is 4.39 Å². The average Bonchev–Trinajstić information content (AvgIpc) is 2.38. The number of likely N-dealkylation sites (N-methyl/N-ethyl adjacent to an activating group) is 2. The molecule has 2 unspecified atom stereocenters. The first kappa shape index (κ1) is 14.9. The number of hydrazine groups is 1. The van der Waals surface area contributed by atoms with Gasteiger partial charge in [-0.3, -0.25) is 16.2 Å². The van der Waals surface area contributed by atoms with Crippen molar-refractivity contribution in [3.63, 3.8) is 0 Å². The molecule has 2 atom stereocenters. The van der Waals surface area contributed by atoms with Crippen LogP contribution in [-0.4, -0.2) is 49.6 Å². The molecule has 1 aliphatic rings. The van der Waals surface area contributed by atoms with E-state index in [1.54, 1.807) is 12.1 Å². The smallest absolute Gasteiger partial charge is 0.128 e. The molecular formula is C13H20BrFN4. The second kappa shape index (κ2) is 6.28. The van der Waals surface area contributed by atoms with Gasteiger partial charge in [-0.1, -0.05) is 15.9 Å². The van der Waals surface area contributed by atoms with Crippen LogP contribution in [0.2, 0.25) is 0 Å². The van der Waals surface area contributed by atoms with Gasteiger partial charge in [0.05, 0.1) is 6.04 Å². The molecule has 106 valence electrons. The molecule has 6 heteroatoms. The Hall–Kier alpha value is -0.530. The van der Waals surface area contributed by atoms with E-state index in [1.807, 2.05) is 0 Å². The predicted molar refractivity (Wildman–Crippen MR) is 78.1 cm³/mol. The number of piperazine rings is 1. The highest BCUT2D eigenvalue weighted by Gasteiger charge is 2.31. The second-order valence-corrected chi connectivity index (χ2v) is 6.04. The van der Waals surface area contributed by atoms with E-state index in [0.29, 0.717) is 5.56 Å². The number of nitrogens with zero attached hydrogens (tertiary/aromatic N) is 2. The maximum absolute atomic E-state index is 14.0. The summed E-state index contributed by atoms with van der Waals surface area (Å²) >= 11 is 3.39. The number of benzene rings is 1. The molecule has 1 aromatic rings. The average molecular weight is 331 g/mol. The van der Waals surface area contributed by atoms with Gasteiger partial charge in [-0.2, -0.15) is 0 Å². The maximum atomic E-state index is 14.0. The molecule has 2 rings (SSSR count). The number of hydrogen-bond acceptors (Lipinski definition) is 4. The molecular weight excluding hydrogens is 311 g/mol. The molecule has 4 nitrogen and oxygen atoms in total. The van der Waals surface area contributed by atoms with Crippen molar-refractivity contribution in [2.75, 3.05) is 33.7 Å². The number of nitrogens with two attached hydrogens (primary N) is 1. The Morgan fingerprint density at radius 2 is 2.16 bits per heavy atom. The van der Waals surface area contributed by atoms with Crippen LogP contribution >= 0.6 is 15.9 Å². The Morgan fingerprint density at radius 3 is 2.84 bits per heavy atom. The first-order chi connectivity index (χ1) is 9.02. The van der Waals surface area contributed by atoms with Crippen LogP contribution in [0.25, 0.3) is 0 Å². The Bertz CT molecular complexity index is 443. The van der Waals surface area contributed by atoms with Gasteiger partial charge in [-0.25, -0.2) is 4.39 Å². The van der Waals surface area contributed by atoms with Crippen molar-refractivity contribution in [3.8, 4) is 0 Å². The van der Waals surface area contributed by atoms with E-state index < -0.39 is 0 Å². The standard InChI is InChI=1S/C13H20BrFN4/c1-18-5-6-19(2)12(8-18)13(17-16)10-7-9(14)3-4-11(10)15/h3-4,7,12-13,17H,5-6,8,16H2,1-2H3. The van der Waals surface area contributed by atoms with Crippen LogP contribution in [0.15, 0.2) is 22.7 Å². The molecule has 0 amide bonds. The SMILES string of the molecule is CN1CCN(C)C(C(NN)c2cc(Br)ccc2F)C1. The number of rotatable bonds is 3. The van der Waals surface area contributed by atoms with Gasteiger partial charge in [0.25, 0.3) is 0 Å². The van der Waals surface area contributed by atoms with E-state index in [1.165, 1.54) is 6.07 Å². The zero-order chi connectivity index (χ0) is 14.0. The highest BCUT2D eigenvalue weighted by atomic mass is 79.9. The lowest BCUT2D eigenvalue weighted by molar-refractivity contribution is 0.0867. The van der Waals surface area contributed by atoms with Crippen LogP contribution in [0.4, 0.5) is 4.39 Å². The molecule has 0 aromatic heterocycles. The number of nitrogens with one attached hydrogen (secondary N) is 1. The van der Waals surface area contributed by atoms with Crippen LogP contribution in [0.1, 0.15) is 11.6 Å². The first-order valence-electron chi connectivity index (χ1n) is 6.32. The summed E-state index contributed by atoms with van der Waals surface area (Å²) in [5.41, 5.74) is 3.38. The van der Waals surface area contributed by atoms with E-state index in [4.69, 9.17) is 5.84 Å². The summed E-state index contributed by atoms with van der Waals surface area (Å²) < 4.78 is 14.9. The Kier molecular flexibility index (Phi) is 4.92. The predicted octanol–water partition coefficient (Wildman–Crippen LogP) is 1.34. The Balaban J connectivity index is 2.30. The van der Waals surface area contributed by atoms with E-state index >= 15 is 0 Å². The van der Waals surface area contributed by atoms with E-state index in [9.17, 15) is 4.39 Å². The lowest BCUT2D eigenvalue weighted by atomic mass is 9.96. The lowest BCUT2D eigenvalue weighted by Crippen LogP contribution is -2.56. The minimum atomic E-state index is -0.231. The molecule has 1 fully saturated rings. The van der Waals surface area contributed by atoms with Gasteiger partial charge in [0.15, 0.2) is 0 Å². The topological polar surface area (TPSA) is 44.5 Å². The quantitative estimate of drug-likeness (QED) is 0.648. The van der Waals surface area contributed by atoms with E-state index in [-0.39, 0.29) is 17.9 Å². The Morgan fingerprint density at radius 1 is 1.42 bits per heavy atom. The van der Waals surface area contributed by atoms with Crippen molar-refractivity contribution in [2.24, 2.45) is 5.84 Å². The molecule has 1 aromatic carbocycles. The van der Waals surface area contributed by atoms with Crippen LogP contribution in [0.3, 0.4) is 0 Å². The summed E-state index contributed by atoms with van der Waals surface area (Å²) in [5, 5.41) is 0. The molecule has 19 heavy (non-hydrogen) atoms. The van der Waals surface area contributed by atoms with Crippen molar-refractivity contribution in [1.29, 1.82) is 0 Å². The minimum absolute atomic E-state index is 0.146. The van der Waals surface area contributed by atoms with Crippen LogP contribution in [-0.2, 0) is 0 Å². The highest BCUT2D eigenvalue weighted by Crippen LogP contribution is 2.27. The fourth-order valence-electron chi connectivity index (χ4n) is 2.57. The van der Waals surface area contributed by atoms with E-state index in [2.05, 4.69) is 45.3 Å². The monoisotopic (exact) mass is 330 g/mol. The molecule has 0 radical (unpaired) electrons. The Labute approximate surface area is 121 Å². The zero-order valence-electron chi connectivity index (χ0n) is 11.2. The van der Waals surface area contributed by atoms with Gasteiger partial charge in [0.2, 0.25) is 0 Å². The summed E-state index contributed by atoms with van der Waals surface area (Å²) in [6.45, 7) is 2.83. The third kappa shape index (κ3) is 3.32. The minimum Gasteiger partial charge on any atom is -0.303 e. The molecule has 1 heterocycles. The van der Waals surface area contributed by atoms with Gasteiger partial charge in [0.1, 0.15) is 5.82 Å². The number of halogens is 2. The summed E-state index contributed by atoms with van der Waals surface area (Å²) in [4.78, 5) is 4.47.